The maximum atomic E-state index is 10.5. The third-order valence-corrected chi connectivity index (χ3v) is 2.40. The van der Waals surface area contributed by atoms with Crippen molar-refractivity contribution in [2.45, 2.75) is 4.90 Å². The summed E-state index contributed by atoms with van der Waals surface area (Å²) >= 11 is 1.53. The molecule has 0 aromatic heterocycles. The molecular formula is C9H10O3S. The number of carboxylic acid groups (broad SMARTS) is 1. The lowest BCUT2D eigenvalue weighted by molar-refractivity contribution is 0.0697. The average Bonchev–Trinajstić information content (AvgIpc) is 2.15. The molecule has 0 aliphatic rings. The monoisotopic (exact) mass is 198 g/mol. The summed E-state index contributed by atoms with van der Waals surface area (Å²) in [5, 5.41) is 8.62. The minimum Gasteiger partial charge on any atom is -0.478 e. The molecule has 13 heavy (non-hydrogen) atoms. The van der Waals surface area contributed by atoms with Gasteiger partial charge in [-0.05, 0) is 24.3 Å². The van der Waals surface area contributed by atoms with Crippen molar-refractivity contribution in [3.05, 3.63) is 29.8 Å². The van der Waals surface area contributed by atoms with Gasteiger partial charge < -0.3 is 9.84 Å². The zero-order valence-corrected chi connectivity index (χ0v) is 8.00. The molecule has 0 heterocycles. The van der Waals surface area contributed by atoms with E-state index in [1.165, 1.54) is 11.8 Å². The van der Waals surface area contributed by atoms with E-state index in [2.05, 4.69) is 0 Å². The molecule has 1 rings (SSSR count). The highest BCUT2D eigenvalue weighted by Crippen LogP contribution is 2.17. The van der Waals surface area contributed by atoms with Crippen LogP contribution in [0.2, 0.25) is 0 Å². The van der Waals surface area contributed by atoms with Crippen LogP contribution < -0.4 is 0 Å². The Balaban J connectivity index is 2.64. The Morgan fingerprint density at radius 2 is 2.08 bits per heavy atom. The molecule has 70 valence electrons. The summed E-state index contributed by atoms with van der Waals surface area (Å²) in [6, 6.07) is 6.71. The number of benzene rings is 1. The zero-order valence-electron chi connectivity index (χ0n) is 7.19. The zero-order chi connectivity index (χ0) is 9.68. The van der Waals surface area contributed by atoms with E-state index in [-0.39, 0.29) is 0 Å². The fourth-order valence-corrected chi connectivity index (χ4v) is 1.40. The summed E-state index contributed by atoms with van der Waals surface area (Å²) in [6.45, 7) is 0. The van der Waals surface area contributed by atoms with Crippen LogP contribution in [0.4, 0.5) is 0 Å². The van der Waals surface area contributed by atoms with Crippen LogP contribution in [0.1, 0.15) is 10.4 Å². The molecule has 1 N–H and O–H groups in total. The molecule has 1 aromatic carbocycles. The highest BCUT2D eigenvalue weighted by molar-refractivity contribution is 7.99. The lowest BCUT2D eigenvalue weighted by atomic mass is 10.2. The molecule has 0 spiro atoms. The Morgan fingerprint density at radius 3 is 2.54 bits per heavy atom. The molecule has 0 fully saturated rings. The van der Waals surface area contributed by atoms with Gasteiger partial charge in [-0.2, -0.15) is 0 Å². The first-order valence-electron chi connectivity index (χ1n) is 3.69. The number of hydrogen-bond donors (Lipinski definition) is 1. The van der Waals surface area contributed by atoms with Crippen molar-refractivity contribution < 1.29 is 14.6 Å². The van der Waals surface area contributed by atoms with E-state index in [4.69, 9.17) is 9.84 Å². The van der Waals surface area contributed by atoms with Crippen molar-refractivity contribution in [1.82, 2.24) is 0 Å². The first-order valence-corrected chi connectivity index (χ1v) is 4.67. The lowest BCUT2D eigenvalue weighted by Crippen LogP contribution is -1.94. The van der Waals surface area contributed by atoms with Crippen LogP contribution in [0.25, 0.3) is 0 Å². The van der Waals surface area contributed by atoms with Crippen LogP contribution >= 0.6 is 11.8 Å². The summed E-state index contributed by atoms with van der Waals surface area (Å²) in [5.74, 6) is -0.324. The fraction of sp³-hybridized carbons (Fsp3) is 0.222. The average molecular weight is 198 g/mol. The maximum absolute atomic E-state index is 10.5. The van der Waals surface area contributed by atoms with Crippen molar-refractivity contribution in [2.24, 2.45) is 0 Å². The molecule has 0 saturated carbocycles. The molecule has 4 heteroatoms. The Hall–Kier alpha value is -1.00. The van der Waals surface area contributed by atoms with Gasteiger partial charge in [0.15, 0.2) is 0 Å². The van der Waals surface area contributed by atoms with Gasteiger partial charge in [0.05, 0.1) is 11.5 Å². The van der Waals surface area contributed by atoms with Crippen LogP contribution in [-0.4, -0.2) is 24.1 Å². The third kappa shape index (κ3) is 3.08. The van der Waals surface area contributed by atoms with E-state index >= 15 is 0 Å². The van der Waals surface area contributed by atoms with Crippen LogP contribution in [0, 0.1) is 0 Å². The Morgan fingerprint density at radius 1 is 1.46 bits per heavy atom. The first kappa shape index (κ1) is 10.1. The second kappa shape index (κ2) is 4.89. The highest BCUT2D eigenvalue weighted by atomic mass is 32.2. The van der Waals surface area contributed by atoms with Crippen molar-refractivity contribution in [2.75, 3.05) is 13.0 Å². The minimum absolute atomic E-state index is 0.307. The quantitative estimate of drug-likeness (QED) is 0.594. The highest BCUT2D eigenvalue weighted by Gasteiger charge is 2.01. The number of rotatable bonds is 4. The van der Waals surface area contributed by atoms with Gasteiger partial charge in [0, 0.05) is 12.0 Å². The number of ether oxygens (including phenoxy) is 1. The molecule has 0 radical (unpaired) electrons. The molecule has 0 unspecified atom stereocenters. The van der Waals surface area contributed by atoms with E-state index in [1.807, 2.05) is 0 Å². The molecule has 0 aliphatic carbocycles. The number of methoxy groups -OCH3 is 1. The van der Waals surface area contributed by atoms with Gasteiger partial charge >= 0.3 is 5.97 Å². The van der Waals surface area contributed by atoms with Gasteiger partial charge in [0.25, 0.3) is 0 Å². The fourth-order valence-electron chi connectivity index (χ4n) is 0.821. The summed E-state index contributed by atoms with van der Waals surface area (Å²) in [7, 11) is 1.62. The number of carbonyl (C=O) groups is 1. The molecular weight excluding hydrogens is 188 g/mol. The molecule has 0 aliphatic heterocycles. The molecule has 0 amide bonds. The van der Waals surface area contributed by atoms with E-state index in [9.17, 15) is 4.79 Å². The second-order valence-corrected chi connectivity index (χ2v) is 3.38. The summed E-state index contributed by atoms with van der Waals surface area (Å²) in [6.07, 6.45) is 0. The lowest BCUT2D eigenvalue weighted by Gasteiger charge is -1.99. The largest absolute Gasteiger partial charge is 0.478 e. The number of thioether (sulfide) groups is 1. The van der Waals surface area contributed by atoms with Crippen LogP contribution in [0.15, 0.2) is 29.2 Å². The van der Waals surface area contributed by atoms with Crippen molar-refractivity contribution in [1.29, 1.82) is 0 Å². The van der Waals surface area contributed by atoms with Gasteiger partial charge in [0.2, 0.25) is 0 Å². The smallest absolute Gasteiger partial charge is 0.335 e. The van der Waals surface area contributed by atoms with E-state index in [1.54, 1.807) is 31.4 Å². The Kier molecular flexibility index (Phi) is 3.79. The topological polar surface area (TPSA) is 46.5 Å². The predicted octanol–water partition coefficient (Wildman–Crippen LogP) is 2.08. The normalized spacial score (nSPS) is 9.92. The standard InChI is InChI=1S/C9H10O3S/c1-12-6-13-8-4-2-7(3-5-8)9(10)11/h2-5H,6H2,1H3,(H,10,11). The molecule has 0 saturated heterocycles. The molecule has 1 aromatic rings. The summed E-state index contributed by atoms with van der Waals surface area (Å²) in [4.78, 5) is 11.5. The van der Waals surface area contributed by atoms with Gasteiger partial charge in [-0.3, -0.25) is 0 Å². The van der Waals surface area contributed by atoms with E-state index in [0.29, 0.717) is 11.5 Å². The second-order valence-electron chi connectivity index (χ2n) is 2.38. The van der Waals surface area contributed by atoms with E-state index in [0.717, 1.165) is 4.90 Å². The van der Waals surface area contributed by atoms with Crippen molar-refractivity contribution >= 4 is 17.7 Å². The van der Waals surface area contributed by atoms with Gasteiger partial charge in [-0.1, -0.05) is 11.8 Å². The molecule has 0 atom stereocenters. The Bertz CT molecular complexity index is 281. The predicted molar refractivity (Wildman–Crippen MR) is 51.1 cm³/mol. The SMILES string of the molecule is COCSc1ccc(C(=O)O)cc1. The van der Waals surface area contributed by atoms with Crippen molar-refractivity contribution in [3.63, 3.8) is 0 Å². The number of aromatic carboxylic acids is 1. The number of hydrogen-bond acceptors (Lipinski definition) is 3. The van der Waals surface area contributed by atoms with Crippen molar-refractivity contribution in [3.8, 4) is 0 Å². The first-order chi connectivity index (χ1) is 6.24. The molecule has 0 bridgehead atoms. The summed E-state index contributed by atoms with van der Waals surface area (Å²) in [5.41, 5.74) is 0.307. The minimum atomic E-state index is -0.900. The maximum Gasteiger partial charge on any atom is 0.335 e. The number of carboxylic acids is 1. The van der Waals surface area contributed by atoms with Crippen LogP contribution in [-0.2, 0) is 4.74 Å². The third-order valence-electron chi connectivity index (χ3n) is 1.44. The van der Waals surface area contributed by atoms with Gasteiger partial charge in [-0.15, -0.1) is 0 Å². The Labute approximate surface area is 80.7 Å². The van der Waals surface area contributed by atoms with Gasteiger partial charge in [0.1, 0.15) is 0 Å². The van der Waals surface area contributed by atoms with Crippen LogP contribution in [0.3, 0.4) is 0 Å². The van der Waals surface area contributed by atoms with Crippen LogP contribution in [0.5, 0.6) is 0 Å². The van der Waals surface area contributed by atoms with Gasteiger partial charge in [-0.25, -0.2) is 4.79 Å². The summed E-state index contributed by atoms with van der Waals surface area (Å²) < 4.78 is 4.87. The molecule has 3 nitrogen and oxygen atoms in total. The van der Waals surface area contributed by atoms with E-state index < -0.39 is 5.97 Å².